The molecule has 2 aromatic carbocycles. The third-order valence-corrected chi connectivity index (χ3v) is 4.35. The van der Waals surface area contributed by atoms with Gasteiger partial charge in [-0.05, 0) is 61.7 Å². The van der Waals surface area contributed by atoms with Crippen molar-refractivity contribution >= 4 is 17.9 Å². The van der Waals surface area contributed by atoms with Crippen molar-refractivity contribution in [1.82, 2.24) is 20.0 Å². The van der Waals surface area contributed by atoms with Crippen LogP contribution in [0.4, 0.5) is 4.39 Å². The summed E-state index contributed by atoms with van der Waals surface area (Å²) in [6, 6.07) is 14.5. The molecule has 2 N–H and O–H groups in total. The number of amides is 1. The first-order valence-electron chi connectivity index (χ1n) is 7.64. The molecule has 1 aromatic heterocycles. The molecule has 0 aliphatic carbocycles. The molecule has 1 amide bonds. The lowest BCUT2D eigenvalue weighted by atomic mass is 10.1. The quantitative estimate of drug-likeness (QED) is 0.542. The molecule has 0 atom stereocenters. The van der Waals surface area contributed by atoms with Gasteiger partial charge in [-0.2, -0.15) is 9.93 Å². The molecule has 0 spiro atoms. The van der Waals surface area contributed by atoms with Gasteiger partial charge in [0.15, 0.2) is 0 Å². The van der Waals surface area contributed by atoms with Crippen molar-refractivity contribution in [3.05, 3.63) is 77.4 Å². The van der Waals surface area contributed by atoms with Crippen LogP contribution in [0.1, 0.15) is 21.6 Å². The molecular weight excluding hydrogens is 339 g/mol. The number of aromatic nitrogens is 2. The number of hydrogen-bond acceptors (Lipinski definition) is 4. The number of hydrazine groups is 1. The largest absolute Gasteiger partial charge is 0.277 e. The Morgan fingerprint density at radius 3 is 2.60 bits per heavy atom. The third kappa shape index (κ3) is 3.89. The van der Waals surface area contributed by atoms with Gasteiger partial charge < -0.3 is 0 Å². The number of rotatable bonds is 5. The van der Waals surface area contributed by atoms with E-state index in [1.807, 2.05) is 43.3 Å². The molecule has 7 heteroatoms. The van der Waals surface area contributed by atoms with Crippen LogP contribution < -0.4 is 10.3 Å². The average Bonchev–Trinajstić information content (AvgIpc) is 3.04. The van der Waals surface area contributed by atoms with E-state index in [4.69, 9.17) is 0 Å². The number of nitrogens with one attached hydrogen (secondary N) is 2. The van der Waals surface area contributed by atoms with E-state index < -0.39 is 11.7 Å². The van der Waals surface area contributed by atoms with Gasteiger partial charge in [-0.3, -0.25) is 10.2 Å². The zero-order valence-electron chi connectivity index (χ0n) is 13.8. The van der Waals surface area contributed by atoms with Gasteiger partial charge in [-0.15, -0.1) is 0 Å². The summed E-state index contributed by atoms with van der Waals surface area (Å²) in [6.07, 6.45) is 1.66. The van der Waals surface area contributed by atoms with Crippen LogP contribution >= 0.6 is 11.9 Å². The third-order valence-electron chi connectivity index (χ3n) is 3.64. The summed E-state index contributed by atoms with van der Waals surface area (Å²) in [5, 5.41) is 4.20. The maximum absolute atomic E-state index is 14.4. The van der Waals surface area contributed by atoms with Gasteiger partial charge in [0.05, 0.1) is 11.3 Å². The number of carbonyl (C=O) groups excluding carboxylic acids is 1. The fourth-order valence-electron chi connectivity index (χ4n) is 2.36. The molecule has 0 bridgehead atoms. The standard InChI is InChI=1S/C18H17FN4OS/c1-12-10-14(23-13(2)8-9-20-23)11-16(17(12)19)18(24)21-22-25-15-6-4-3-5-7-15/h3-11,22H,1-2H3,(H,21,24). The Balaban J connectivity index is 1.77. The highest BCUT2D eigenvalue weighted by Gasteiger charge is 2.16. The second-order valence-electron chi connectivity index (χ2n) is 5.48. The molecule has 5 nitrogen and oxygen atoms in total. The highest BCUT2D eigenvalue weighted by Crippen LogP contribution is 2.20. The Morgan fingerprint density at radius 1 is 1.16 bits per heavy atom. The van der Waals surface area contributed by atoms with Crippen molar-refractivity contribution in [3.8, 4) is 5.69 Å². The van der Waals surface area contributed by atoms with Crippen molar-refractivity contribution in [2.24, 2.45) is 0 Å². The second kappa shape index (κ2) is 7.50. The molecule has 0 aliphatic heterocycles. The monoisotopic (exact) mass is 356 g/mol. The molecule has 1 heterocycles. The van der Waals surface area contributed by atoms with E-state index in [9.17, 15) is 9.18 Å². The van der Waals surface area contributed by atoms with Crippen LogP contribution in [0.25, 0.3) is 5.69 Å². The lowest BCUT2D eigenvalue weighted by Crippen LogP contribution is -2.33. The number of hydrogen-bond donors (Lipinski definition) is 2. The minimum absolute atomic E-state index is 0.0361. The molecule has 3 rings (SSSR count). The number of halogens is 1. The first-order valence-corrected chi connectivity index (χ1v) is 8.46. The normalized spacial score (nSPS) is 10.7. The summed E-state index contributed by atoms with van der Waals surface area (Å²) in [7, 11) is 0. The maximum atomic E-state index is 14.4. The van der Waals surface area contributed by atoms with E-state index in [1.54, 1.807) is 23.9 Å². The van der Waals surface area contributed by atoms with Crippen LogP contribution in [0.5, 0.6) is 0 Å². The first-order chi connectivity index (χ1) is 12.1. The number of nitrogens with zero attached hydrogens (tertiary/aromatic N) is 2. The van der Waals surface area contributed by atoms with E-state index in [0.717, 1.165) is 10.6 Å². The molecular formula is C18H17FN4OS. The molecule has 0 fully saturated rings. The van der Waals surface area contributed by atoms with E-state index in [2.05, 4.69) is 15.4 Å². The Labute approximate surface area is 149 Å². The highest BCUT2D eigenvalue weighted by atomic mass is 32.2. The highest BCUT2D eigenvalue weighted by molar-refractivity contribution is 7.97. The van der Waals surface area contributed by atoms with Gasteiger partial charge in [-0.1, -0.05) is 18.2 Å². The zero-order chi connectivity index (χ0) is 17.8. The Bertz CT molecular complexity index is 895. The van der Waals surface area contributed by atoms with Crippen LogP contribution in [0, 0.1) is 19.7 Å². The first kappa shape index (κ1) is 17.2. The van der Waals surface area contributed by atoms with Gasteiger partial charge >= 0.3 is 0 Å². The number of aryl methyl sites for hydroxylation is 2. The summed E-state index contributed by atoms with van der Waals surface area (Å²) in [5.41, 5.74) is 4.39. The van der Waals surface area contributed by atoms with E-state index in [0.29, 0.717) is 11.3 Å². The summed E-state index contributed by atoms with van der Waals surface area (Å²) in [4.78, 5) is 16.0. The molecule has 3 aromatic rings. The van der Waals surface area contributed by atoms with Crippen molar-refractivity contribution in [3.63, 3.8) is 0 Å². The van der Waals surface area contributed by atoms with Crippen molar-refractivity contribution < 1.29 is 9.18 Å². The van der Waals surface area contributed by atoms with Crippen LogP contribution in [0.15, 0.2) is 59.6 Å². The topological polar surface area (TPSA) is 59.0 Å². The van der Waals surface area contributed by atoms with Crippen molar-refractivity contribution in [1.29, 1.82) is 0 Å². The SMILES string of the molecule is Cc1cc(-n2nccc2C)cc(C(=O)NNSc2ccccc2)c1F. The van der Waals surface area contributed by atoms with Crippen LogP contribution in [0.3, 0.4) is 0 Å². The lowest BCUT2D eigenvalue weighted by Gasteiger charge is -2.12. The predicted molar refractivity (Wildman–Crippen MR) is 95.9 cm³/mol. The summed E-state index contributed by atoms with van der Waals surface area (Å²) in [5.74, 6) is -1.09. The van der Waals surface area contributed by atoms with Crippen molar-refractivity contribution in [2.75, 3.05) is 0 Å². The molecule has 0 saturated heterocycles. The van der Waals surface area contributed by atoms with Crippen LogP contribution in [-0.4, -0.2) is 15.7 Å². The molecule has 0 radical (unpaired) electrons. The number of carbonyl (C=O) groups is 1. The summed E-state index contributed by atoms with van der Waals surface area (Å²) in [6.45, 7) is 3.52. The van der Waals surface area contributed by atoms with Gasteiger partial charge in [0.25, 0.3) is 5.91 Å². The number of benzene rings is 2. The minimum atomic E-state index is -0.546. The van der Waals surface area contributed by atoms with E-state index in [-0.39, 0.29) is 5.56 Å². The van der Waals surface area contributed by atoms with Crippen molar-refractivity contribution in [2.45, 2.75) is 18.7 Å². The Kier molecular flexibility index (Phi) is 5.16. The predicted octanol–water partition coefficient (Wildman–Crippen LogP) is 3.57. The second-order valence-corrected chi connectivity index (χ2v) is 6.36. The van der Waals surface area contributed by atoms with E-state index >= 15 is 0 Å². The molecule has 128 valence electrons. The average molecular weight is 356 g/mol. The zero-order valence-corrected chi connectivity index (χ0v) is 14.6. The van der Waals surface area contributed by atoms with Gasteiger partial charge in [0, 0.05) is 16.8 Å². The van der Waals surface area contributed by atoms with Gasteiger partial charge in [-0.25, -0.2) is 9.07 Å². The molecule has 25 heavy (non-hydrogen) atoms. The smallest absolute Gasteiger partial charge is 0.269 e. The van der Waals surface area contributed by atoms with Crippen LogP contribution in [-0.2, 0) is 0 Å². The molecule has 0 aliphatic rings. The molecule has 0 unspecified atom stereocenters. The van der Waals surface area contributed by atoms with Crippen LogP contribution in [0.2, 0.25) is 0 Å². The minimum Gasteiger partial charge on any atom is -0.277 e. The fraction of sp³-hybridized carbons (Fsp3) is 0.111. The Morgan fingerprint density at radius 2 is 1.92 bits per heavy atom. The Hall–Kier alpha value is -2.64. The maximum Gasteiger partial charge on any atom is 0.269 e. The molecule has 0 saturated carbocycles. The van der Waals surface area contributed by atoms with Gasteiger partial charge in [0.1, 0.15) is 5.82 Å². The fourth-order valence-corrected chi connectivity index (χ4v) is 2.92. The summed E-state index contributed by atoms with van der Waals surface area (Å²) < 4.78 is 16.1. The summed E-state index contributed by atoms with van der Waals surface area (Å²) >= 11 is 1.24. The van der Waals surface area contributed by atoms with Gasteiger partial charge in [0.2, 0.25) is 0 Å². The van der Waals surface area contributed by atoms with E-state index in [1.165, 1.54) is 18.0 Å². The lowest BCUT2D eigenvalue weighted by molar-refractivity contribution is 0.0942.